The summed E-state index contributed by atoms with van der Waals surface area (Å²) < 4.78 is 0. The van der Waals surface area contributed by atoms with Crippen molar-refractivity contribution in [3.8, 4) is 0 Å². The van der Waals surface area contributed by atoms with Gasteiger partial charge >= 0.3 is 0 Å². The van der Waals surface area contributed by atoms with E-state index in [4.69, 9.17) is 5.73 Å². The zero-order valence-electron chi connectivity index (χ0n) is 10.6. The number of benzene rings is 2. The molecule has 0 amide bonds. The Bertz CT molecular complexity index is 637. The average Bonchev–Trinajstić information content (AvgIpc) is 2.88. The molecule has 0 saturated heterocycles. The topological polar surface area (TPSA) is 66.7 Å². The molecule has 4 nitrogen and oxygen atoms in total. The van der Waals surface area contributed by atoms with Crippen LogP contribution in [0.3, 0.4) is 0 Å². The lowest BCUT2D eigenvalue weighted by Gasteiger charge is -2.04. The lowest BCUT2D eigenvalue weighted by molar-refractivity contribution is 1.05. The first-order valence-electron chi connectivity index (χ1n) is 6.31. The molecule has 2 aromatic carbocycles. The van der Waals surface area contributed by atoms with Crippen LogP contribution in [0.2, 0.25) is 0 Å². The number of aromatic nitrogens is 2. The zero-order valence-corrected chi connectivity index (χ0v) is 10.6. The highest BCUT2D eigenvalue weighted by Gasteiger charge is 2.01. The summed E-state index contributed by atoms with van der Waals surface area (Å²) in [6.45, 7) is 1.32. The van der Waals surface area contributed by atoms with E-state index >= 15 is 0 Å². The Balaban J connectivity index is 1.70. The SMILES string of the molecule is NCc1ccc(CNc2nc3ccccc3[nH]2)cc1. The van der Waals surface area contributed by atoms with Crippen molar-refractivity contribution in [3.63, 3.8) is 0 Å². The fourth-order valence-corrected chi connectivity index (χ4v) is 2.02. The number of anilines is 1. The summed E-state index contributed by atoms with van der Waals surface area (Å²) in [6, 6.07) is 16.3. The van der Waals surface area contributed by atoms with Crippen LogP contribution in [0.4, 0.5) is 5.95 Å². The summed E-state index contributed by atoms with van der Waals surface area (Å²) in [6.07, 6.45) is 0. The maximum absolute atomic E-state index is 5.58. The van der Waals surface area contributed by atoms with Crippen molar-refractivity contribution in [2.24, 2.45) is 5.73 Å². The largest absolute Gasteiger partial charge is 0.352 e. The van der Waals surface area contributed by atoms with Gasteiger partial charge in [-0.25, -0.2) is 4.98 Å². The van der Waals surface area contributed by atoms with Crippen LogP contribution < -0.4 is 11.1 Å². The van der Waals surface area contributed by atoms with Gasteiger partial charge in [0.05, 0.1) is 11.0 Å². The second kappa shape index (κ2) is 5.12. The van der Waals surface area contributed by atoms with Gasteiger partial charge in [-0.05, 0) is 23.3 Å². The standard InChI is InChI=1S/C15H16N4/c16-9-11-5-7-12(8-6-11)10-17-15-18-13-3-1-2-4-14(13)19-15/h1-8H,9-10,16H2,(H2,17,18,19). The molecule has 0 saturated carbocycles. The van der Waals surface area contributed by atoms with Crippen molar-refractivity contribution >= 4 is 17.0 Å². The number of fused-ring (bicyclic) bond motifs is 1. The van der Waals surface area contributed by atoms with E-state index in [1.54, 1.807) is 0 Å². The van der Waals surface area contributed by atoms with Crippen LogP contribution in [0.5, 0.6) is 0 Å². The Labute approximate surface area is 111 Å². The molecule has 3 rings (SSSR count). The average molecular weight is 252 g/mol. The number of imidazole rings is 1. The first kappa shape index (κ1) is 11.7. The lowest BCUT2D eigenvalue weighted by atomic mass is 10.1. The van der Waals surface area contributed by atoms with Gasteiger partial charge in [-0.2, -0.15) is 0 Å². The fourth-order valence-electron chi connectivity index (χ4n) is 2.02. The molecule has 0 aliphatic heterocycles. The van der Waals surface area contributed by atoms with Crippen LogP contribution in [0.25, 0.3) is 11.0 Å². The molecule has 4 N–H and O–H groups in total. The first-order chi connectivity index (χ1) is 9.35. The van der Waals surface area contributed by atoms with Crippen molar-refractivity contribution in [3.05, 3.63) is 59.7 Å². The van der Waals surface area contributed by atoms with Crippen LogP contribution in [0.15, 0.2) is 48.5 Å². The minimum Gasteiger partial charge on any atom is -0.352 e. The molecule has 0 unspecified atom stereocenters. The van der Waals surface area contributed by atoms with Gasteiger partial charge in [0.15, 0.2) is 0 Å². The van der Waals surface area contributed by atoms with E-state index in [1.807, 2.05) is 24.3 Å². The van der Waals surface area contributed by atoms with Gasteiger partial charge in [-0.1, -0.05) is 36.4 Å². The molecule has 0 atom stereocenters. The molecule has 96 valence electrons. The Morgan fingerprint density at radius 1 is 1.00 bits per heavy atom. The third kappa shape index (κ3) is 2.58. The van der Waals surface area contributed by atoms with Gasteiger partial charge in [-0.15, -0.1) is 0 Å². The summed E-state index contributed by atoms with van der Waals surface area (Å²) in [5.74, 6) is 0.795. The van der Waals surface area contributed by atoms with Gasteiger partial charge in [0, 0.05) is 13.1 Å². The Morgan fingerprint density at radius 2 is 1.74 bits per heavy atom. The van der Waals surface area contributed by atoms with Crippen molar-refractivity contribution in [2.45, 2.75) is 13.1 Å². The van der Waals surface area contributed by atoms with Crippen LogP contribution in [-0.4, -0.2) is 9.97 Å². The predicted molar refractivity (Wildman–Crippen MR) is 77.8 cm³/mol. The Hall–Kier alpha value is -2.33. The van der Waals surface area contributed by atoms with E-state index in [-0.39, 0.29) is 0 Å². The second-order valence-electron chi connectivity index (χ2n) is 4.48. The molecule has 3 aromatic rings. The Kier molecular flexibility index (Phi) is 3.16. The molecule has 4 heteroatoms. The molecule has 0 radical (unpaired) electrons. The van der Waals surface area contributed by atoms with E-state index in [0.717, 1.165) is 29.1 Å². The summed E-state index contributed by atoms with van der Waals surface area (Å²) in [5.41, 5.74) is 9.95. The molecule has 1 heterocycles. The molecule has 0 bridgehead atoms. The zero-order chi connectivity index (χ0) is 13.1. The minimum atomic E-state index is 0.581. The van der Waals surface area contributed by atoms with E-state index in [0.29, 0.717) is 6.54 Å². The number of nitrogens with zero attached hydrogens (tertiary/aromatic N) is 1. The number of aromatic amines is 1. The van der Waals surface area contributed by atoms with E-state index in [1.165, 1.54) is 5.56 Å². The number of para-hydroxylation sites is 2. The summed E-state index contributed by atoms with van der Waals surface area (Å²) in [7, 11) is 0. The number of H-pyrrole nitrogens is 1. The number of hydrogen-bond donors (Lipinski definition) is 3. The third-order valence-corrected chi connectivity index (χ3v) is 3.11. The highest BCUT2D eigenvalue weighted by molar-refractivity contribution is 5.77. The predicted octanol–water partition coefficient (Wildman–Crippen LogP) is 2.63. The molecule has 0 aliphatic rings. The first-order valence-corrected chi connectivity index (χ1v) is 6.31. The molecule has 0 aliphatic carbocycles. The van der Waals surface area contributed by atoms with Crippen molar-refractivity contribution < 1.29 is 0 Å². The highest BCUT2D eigenvalue weighted by Crippen LogP contribution is 2.14. The monoisotopic (exact) mass is 252 g/mol. The fraction of sp³-hybridized carbons (Fsp3) is 0.133. The number of nitrogens with two attached hydrogens (primary N) is 1. The molecular weight excluding hydrogens is 236 g/mol. The van der Waals surface area contributed by atoms with E-state index in [9.17, 15) is 0 Å². The smallest absolute Gasteiger partial charge is 0.201 e. The molecular formula is C15H16N4. The number of nitrogens with one attached hydrogen (secondary N) is 2. The minimum absolute atomic E-state index is 0.581. The maximum atomic E-state index is 5.58. The van der Waals surface area contributed by atoms with Gasteiger partial charge in [0.1, 0.15) is 0 Å². The maximum Gasteiger partial charge on any atom is 0.201 e. The summed E-state index contributed by atoms with van der Waals surface area (Å²) in [5, 5.41) is 3.29. The number of rotatable bonds is 4. The molecule has 0 fully saturated rings. The Morgan fingerprint density at radius 3 is 2.47 bits per heavy atom. The molecule has 1 aromatic heterocycles. The summed E-state index contributed by atoms with van der Waals surface area (Å²) >= 11 is 0. The van der Waals surface area contributed by atoms with Gasteiger partial charge in [0.2, 0.25) is 5.95 Å². The van der Waals surface area contributed by atoms with Crippen LogP contribution in [-0.2, 0) is 13.1 Å². The summed E-state index contributed by atoms with van der Waals surface area (Å²) in [4.78, 5) is 7.72. The molecule has 0 spiro atoms. The van der Waals surface area contributed by atoms with Gasteiger partial charge in [-0.3, -0.25) is 0 Å². The van der Waals surface area contributed by atoms with E-state index in [2.05, 4.69) is 39.6 Å². The van der Waals surface area contributed by atoms with E-state index < -0.39 is 0 Å². The van der Waals surface area contributed by atoms with Crippen LogP contribution >= 0.6 is 0 Å². The quantitative estimate of drug-likeness (QED) is 0.668. The molecule has 19 heavy (non-hydrogen) atoms. The van der Waals surface area contributed by atoms with Crippen molar-refractivity contribution in [2.75, 3.05) is 5.32 Å². The van der Waals surface area contributed by atoms with Crippen molar-refractivity contribution in [1.29, 1.82) is 0 Å². The van der Waals surface area contributed by atoms with Gasteiger partial charge in [0.25, 0.3) is 0 Å². The highest BCUT2D eigenvalue weighted by atomic mass is 15.1. The van der Waals surface area contributed by atoms with Gasteiger partial charge < -0.3 is 16.0 Å². The van der Waals surface area contributed by atoms with Crippen LogP contribution in [0, 0.1) is 0 Å². The number of hydrogen-bond acceptors (Lipinski definition) is 3. The van der Waals surface area contributed by atoms with Crippen molar-refractivity contribution in [1.82, 2.24) is 9.97 Å². The van der Waals surface area contributed by atoms with Crippen LogP contribution in [0.1, 0.15) is 11.1 Å². The third-order valence-electron chi connectivity index (χ3n) is 3.11. The lowest BCUT2D eigenvalue weighted by Crippen LogP contribution is -2.01. The normalized spacial score (nSPS) is 10.8. The second-order valence-corrected chi connectivity index (χ2v) is 4.48.